The fourth-order valence-electron chi connectivity index (χ4n) is 1.86. The first-order valence-corrected chi connectivity index (χ1v) is 7.78. The maximum absolute atomic E-state index is 11.5. The Morgan fingerprint density at radius 1 is 1.47 bits per heavy atom. The van der Waals surface area contributed by atoms with Crippen molar-refractivity contribution in [3.05, 3.63) is 29.3 Å². The Bertz CT molecular complexity index is 428. The number of carbonyl (C=O) groups excluding carboxylic acids is 1. The lowest BCUT2D eigenvalue weighted by molar-refractivity contribution is -0.124. The van der Waals surface area contributed by atoms with Crippen molar-refractivity contribution in [2.24, 2.45) is 5.73 Å². The normalized spacial score (nSPS) is 14.1. The fraction of sp³-hybridized carbons (Fsp3) is 0.500. The fourth-order valence-corrected chi connectivity index (χ4v) is 3.05. The summed E-state index contributed by atoms with van der Waals surface area (Å²) in [6.45, 7) is 4.57. The molecule has 0 bridgehead atoms. The number of nitrogens with two attached hydrogens (primary N) is 1. The predicted molar refractivity (Wildman–Crippen MR) is 82.7 cm³/mol. The Hall–Kier alpha value is -0.710. The molecule has 1 atom stereocenters. The third-order valence-corrected chi connectivity index (χ3v) is 4.63. The molecule has 1 rings (SSSR count). The molecule has 0 aliphatic heterocycles. The Kier molecular flexibility index (Phi) is 6.69. The minimum absolute atomic E-state index is 0.294. The highest BCUT2D eigenvalue weighted by molar-refractivity contribution is 7.99. The van der Waals surface area contributed by atoms with Gasteiger partial charge in [-0.15, -0.1) is 11.8 Å². The number of halogens is 1. The zero-order valence-corrected chi connectivity index (χ0v) is 13.0. The van der Waals surface area contributed by atoms with E-state index in [1.165, 1.54) is 0 Å². The zero-order chi connectivity index (χ0) is 14.3. The van der Waals surface area contributed by atoms with Gasteiger partial charge in [-0.3, -0.25) is 4.79 Å². The van der Waals surface area contributed by atoms with Gasteiger partial charge in [0.2, 0.25) is 5.91 Å². The Morgan fingerprint density at radius 2 is 2.16 bits per heavy atom. The van der Waals surface area contributed by atoms with Gasteiger partial charge in [-0.2, -0.15) is 0 Å². The van der Waals surface area contributed by atoms with Crippen molar-refractivity contribution < 1.29 is 4.79 Å². The van der Waals surface area contributed by atoms with Crippen molar-refractivity contribution in [1.82, 2.24) is 5.32 Å². The van der Waals surface area contributed by atoms with Crippen LogP contribution < -0.4 is 11.1 Å². The number of hydrogen-bond acceptors (Lipinski definition) is 3. The van der Waals surface area contributed by atoms with Crippen LogP contribution in [0.4, 0.5) is 0 Å². The van der Waals surface area contributed by atoms with Gasteiger partial charge in [0.1, 0.15) is 0 Å². The van der Waals surface area contributed by atoms with E-state index in [1.54, 1.807) is 11.8 Å². The molecule has 0 radical (unpaired) electrons. The van der Waals surface area contributed by atoms with Crippen LogP contribution in [-0.4, -0.2) is 23.7 Å². The summed E-state index contributed by atoms with van der Waals surface area (Å²) in [7, 11) is 0. The van der Waals surface area contributed by atoms with Crippen LogP contribution in [0.25, 0.3) is 0 Å². The number of nitrogens with one attached hydrogen (secondary N) is 1. The average molecular weight is 301 g/mol. The minimum atomic E-state index is -0.615. The molecule has 106 valence electrons. The van der Waals surface area contributed by atoms with Crippen LogP contribution >= 0.6 is 23.4 Å². The first-order chi connectivity index (χ1) is 8.99. The van der Waals surface area contributed by atoms with Crippen LogP contribution in [0.15, 0.2) is 29.2 Å². The van der Waals surface area contributed by atoms with Crippen molar-refractivity contribution in [3.8, 4) is 0 Å². The molecule has 5 heteroatoms. The first kappa shape index (κ1) is 16.3. The maximum Gasteiger partial charge on any atom is 0.237 e. The molecule has 1 unspecified atom stereocenters. The molecule has 1 aromatic rings. The number of hydrogen-bond donors (Lipinski definition) is 2. The zero-order valence-electron chi connectivity index (χ0n) is 11.4. The van der Waals surface area contributed by atoms with E-state index < -0.39 is 5.54 Å². The van der Waals surface area contributed by atoms with Gasteiger partial charge in [-0.25, -0.2) is 0 Å². The molecular formula is C14H21ClN2OS. The molecule has 0 saturated carbocycles. The number of benzene rings is 1. The molecular weight excluding hydrogens is 280 g/mol. The summed E-state index contributed by atoms with van der Waals surface area (Å²) < 4.78 is 0. The standard InChI is InChI=1S/C14H21ClN2OS/c1-3-17-14(2,13(16)18)9-6-10-19-12-8-5-4-7-11(12)15/h4-5,7-8,17H,3,6,9-10H2,1-2H3,(H2,16,18). The molecule has 0 aromatic heterocycles. The van der Waals surface area contributed by atoms with E-state index in [0.29, 0.717) is 0 Å². The lowest BCUT2D eigenvalue weighted by Crippen LogP contribution is -2.53. The van der Waals surface area contributed by atoms with Crippen LogP contribution in [0.3, 0.4) is 0 Å². The van der Waals surface area contributed by atoms with Gasteiger partial charge in [-0.05, 0) is 44.2 Å². The van der Waals surface area contributed by atoms with E-state index in [4.69, 9.17) is 17.3 Å². The van der Waals surface area contributed by atoms with Crippen molar-refractivity contribution in [3.63, 3.8) is 0 Å². The van der Waals surface area contributed by atoms with Gasteiger partial charge in [0, 0.05) is 4.90 Å². The largest absolute Gasteiger partial charge is 0.368 e. The number of rotatable bonds is 8. The topological polar surface area (TPSA) is 55.1 Å². The Balaban J connectivity index is 2.41. The summed E-state index contributed by atoms with van der Waals surface area (Å²) in [5.41, 5.74) is 4.83. The van der Waals surface area contributed by atoms with Gasteiger partial charge in [0.25, 0.3) is 0 Å². The minimum Gasteiger partial charge on any atom is -0.368 e. The highest BCUT2D eigenvalue weighted by Crippen LogP contribution is 2.28. The summed E-state index contributed by atoms with van der Waals surface area (Å²) in [6.07, 6.45) is 1.63. The van der Waals surface area contributed by atoms with E-state index in [2.05, 4.69) is 5.32 Å². The Morgan fingerprint density at radius 3 is 2.74 bits per heavy atom. The molecule has 0 fully saturated rings. The molecule has 0 aliphatic carbocycles. The molecule has 1 amide bonds. The second-order valence-electron chi connectivity index (χ2n) is 4.61. The highest BCUT2D eigenvalue weighted by atomic mass is 35.5. The summed E-state index contributed by atoms with van der Waals surface area (Å²) in [6, 6.07) is 7.78. The number of carbonyl (C=O) groups is 1. The van der Waals surface area contributed by atoms with E-state index >= 15 is 0 Å². The Labute approximate surface area is 124 Å². The van der Waals surface area contributed by atoms with Gasteiger partial charge in [-0.1, -0.05) is 30.7 Å². The van der Waals surface area contributed by atoms with Crippen LogP contribution in [0.5, 0.6) is 0 Å². The van der Waals surface area contributed by atoms with Crippen molar-refractivity contribution in [2.45, 2.75) is 37.1 Å². The smallest absolute Gasteiger partial charge is 0.237 e. The van der Waals surface area contributed by atoms with E-state index in [9.17, 15) is 4.79 Å². The van der Waals surface area contributed by atoms with Crippen molar-refractivity contribution >= 4 is 29.3 Å². The molecule has 3 N–H and O–H groups in total. The second kappa shape index (κ2) is 7.78. The summed E-state index contributed by atoms with van der Waals surface area (Å²) in [5, 5.41) is 3.93. The lowest BCUT2D eigenvalue weighted by Gasteiger charge is -2.26. The molecule has 0 aliphatic rings. The SMILES string of the molecule is CCNC(C)(CCCSc1ccccc1Cl)C(N)=O. The van der Waals surface area contributed by atoms with Crippen molar-refractivity contribution in [1.29, 1.82) is 0 Å². The number of likely N-dealkylation sites (N-methyl/N-ethyl adjacent to an activating group) is 1. The van der Waals surface area contributed by atoms with Gasteiger partial charge < -0.3 is 11.1 Å². The molecule has 0 spiro atoms. The predicted octanol–water partition coefficient (Wildman–Crippen LogP) is 3.07. The third kappa shape index (κ3) is 5.05. The maximum atomic E-state index is 11.5. The summed E-state index contributed by atoms with van der Waals surface area (Å²) in [5.74, 6) is 0.620. The van der Waals surface area contributed by atoms with Gasteiger partial charge in [0.05, 0.1) is 10.6 Å². The molecule has 1 aromatic carbocycles. The summed E-state index contributed by atoms with van der Waals surface area (Å²) in [4.78, 5) is 12.5. The van der Waals surface area contributed by atoms with E-state index in [-0.39, 0.29) is 5.91 Å². The van der Waals surface area contributed by atoms with E-state index in [0.717, 1.165) is 35.1 Å². The third-order valence-electron chi connectivity index (χ3n) is 3.03. The van der Waals surface area contributed by atoms with Gasteiger partial charge >= 0.3 is 0 Å². The molecule has 19 heavy (non-hydrogen) atoms. The van der Waals surface area contributed by atoms with Crippen molar-refractivity contribution in [2.75, 3.05) is 12.3 Å². The monoisotopic (exact) mass is 300 g/mol. The van der Waals surface area contributed by atoms with Crippen LogP contribution in [0.1, 0.15) is 26.7 Å². The summed E-state index contributed by atoms with van der Waals surface area (Å²) >= 11 is 7.79. The first-order valence-electron chi connectivity index (χ1n) is 6.42. The van der Waals surface area contributed by atoms with Crippen LogP contribution in [0.2, 0.25) is 5.02 Å². The molecule has 0 heterocycles. The second-order valence-corrected chi connectivity index (χ2v) is 6.15. The van der Waals surface area contributed by atoms with E-state index in [1.807, 2.05) is 38.1 Å². The number of thioether (sulfide) groups is 1. The van der Waals surface area contributed by atoms with Crippen LogP contribution in [-0.2, 0) is 4.79 Å². The quantitative estimate of drug-likeness (QED) is 0.573. The van der Waals surface area contributed by atoms with Gasteiger partial charge in [0.15, 0.2) is 0 Å². The lowest BCUT2D eigenvalue weighted by atomic mass is 9.95. The number of amides is 1. The average Bonchev–Trinajstić information content (AvgIpc) is 2.37. The number of primary amides is 1. The molecule has 3 nitrogen and oxygen atoms in total. The highest BCUT2D eigenvalue weighted by Gasteiger charge is 2.28. The molecule has 0 saturated heterocycles. The van der Waals surface area contributed by atoms with Crippen LogP contribution in [0, 0.1) is 0 Å².